The molecule has 0 amide bonds. The molecular weight excluding hydrogens is 306 g/mol. The van der Waals surface area contributed by atoms with Gasteiger partial charge in [0.25, 0.3) is 0 Å². The van der Waals surface area contributed by atoms with Gasteiger partial charge in [-0.15, -0.1) is 11.3 Å². The second kappa shape index (κ2) is 6.16. The maximum absolute atomic E-state index is 6.24. The second-order valence-corrected chi connectivity index (χ2v) is 6.48. The van der Waals surface area contributed by atoms with Gasteiger partial charge in [0, 0.05) is 10.9 Å². The van der Waals surface area contributed by atoms with Gasteiger partial charge in [0.2, 0.25) is 0 Å². The van der Waals surface area contributed by atoms with Gasteiger partial charge in [0.15, 0.2) is 0 Å². The van der Waals surface area contributed by atoms with Gasteiger partial charge in [-0.3, -0.25) is 0 Å². The number of ether oxygens (including phenoxy) is 2. The van der Waals surface area contributed by atoms with E-state index in [1.807, 2.05) is 23.5 Å². The quantitative estimate of drug-likeness (QED) is 0.867. The van der Waals surface area contributed by atoms with Crippen LogP contribution >= 0.6 is 22.9 Å². The van der Waals surface area contributed by atoms with Crippen LogP contribution in [0.5, 0.6) is 11.5 Å². The molecule has 0 bridgehead atoms. The van der Waals surface area contributed by atoms with Crippen LogP contribution in [0.3, 0.4) is 0 Å². The fraction of sp³-hybridized carbons (Fsp3) is 0.375. The van der Waals surface area contributed by atoms with Crippen molar-refractivity contribution >= 4 is 28.6 Å². The lowest BCUT2D eigenvalue weighted by atomic mass is 9.94. The molecule has 1 aliphatic rings. The molecule has 0 aliphatic heterocycles. The molecule has 21 heavy (non-hydrogen) atoms. The number of nitrogens with one attached hydrogen (secondary N) is 1. The SMILES string of the molecule is COc1cc(OC)c(NC2CCCc3sccc32)cc1Cl. The van der Waals surface area contributed by atoms with Crippen LogP contribution in [0, 0.1) is 0 Å². The minimum absolute atomic E-state index is 0.318. The first-order valence-corrected chi connectivity index (χ1v) is 8.23. The van der Waals surface area contributed by atoms with Crippen molar-refractivity contribution in [2.24, 2.45) is 0 Å². The predicted molar refractivity (Wildman–Crippen MR) is 88.2 cm³/mol. The van der Waals surface area contributed by atoms with E-state index in [1.54, 1.807) is 14.2 Å². The number of halogens is 1. The molecule has 1 unspecified atom stereocenters. The Hall–Kier alpha value is -1.39. The van der Waals surface area contributed by atoms with Gasteiger partial charge in [0.1, 0.15) is 11.5 Å². The van der Waals surface area contributed by atoms with Gasteiger partial charge in [-0.2, -0.15) is 0 Å². The minimum Gasteiger partial charge on any atom is -0.495 e. The number of hydrogen-bond donors (Lipinski definition) is 1. The van der Waals surface area contributed by atoms with E-state index >= 15 is 0 Å². The molecule has 1 heterocycles. The van der Waals surface area contributed by atoms with Gasteiger partial charge >= 0.3 is 0 Å². The molecule has 0 saturated heterocycles. The highest BCUT2D eigenvalue weighted by atomic mass is 35.5. The molecule has 3 nitrogen and oxygen atoms in total. The summed E-state index contributed by atoms with van der Waals surface area (Å²) in [5.74, 6) is 1.37. The predicted octanol–water partition coefficient (Wildman–Crippen LogP) is 4.91. The molecule has 1 aromatic carbocycles. The molecule has 5 heteroatoms. The summed E-state index contributed by atoms with van der Waals surface area (Å²) in [6.45, 7) is 0. The van der Waals surface area contributed by atoms with Crippen molar-refractivity contribution < 1.29 is 9.47 Å². The molecule has 1 aliphatic carbocycles. The smallest absolute Gasteiger partial charge is 0.145 e. The van der Waals surface area contributed by atoms with E-state index in [9.17, 15) is 0 Å². The number of anilines is 1. The fourth-order valence-corrected chi connectivity index (χ4v) is 4.03. The summed E-state index contributed by atoms with van der Waals surface area (Å²) in [7, 11) is 3.26. The van der Waals surface area contributed by atoms with Crippen molar-refractivity contribution in [3.8, 4) is 11.5 Å². The normalized spacial score (nSPS) is 17.2. The summed E-state index contributed by atoms with van der Waals surface area (Å²) in [5, 5.41) is 6.33. The zero-order valence-electron chi connectivity index (χ0n) is 12.1. The zero-order valence-corrected chi connectivity index (χ0v) is 13.7. The number of hydrogen-bond acceptors (Lipinski definition) is 4. The average Bonchev–Trinajstić information content (AvgIpc) is 2.97. The van der Waals surface area contributed by atoms with E-state index in [0.717, 1.165) is 17.9 Å². The molecule has 0 saturated carbocycles. The van der Waals surface area contributed by atoms with Crippen LogP contribution in [0.2, 0.25) is 5.02 Å². The lowest BCUT2D eigenvalue weighted by Gasteiger charge is -2.26. The Morgan fingerprint density at radius 2 is 2.05 bits per heavy atom. The van der Waals surface area contributed by atoms with Crippen LogP contribution in [-0.2, 0) is 6.42 Å². The van der Waals surface area contributed by atoms with E-state index in [4.69, 9.17) is 21.1 Å². The molecule has 1 N–H and O–H groups in total. The van der Waals surface area contributed by atoms with Gasteiger partial charge in [-0.05, 0) is 42.3 Å². The molecule has 112 valence electrons. The standard InChI is InChI=1S/C16H18ClNO2S/c1-19-14-9-15(20-2)13(8-11(14)17)18-12-4-3-5-16-10(12)6-7-21-16/h6-9,12,18H,3-5H2,1-2H3. The summed E-state index contributed by atoms with van der Waals surface area (Å²) in [6, 6.07) is 6.23. The fourth-order valence-electron chi connectivity index (χ4n) is 2.80. The maximum Gasteiger partial charge on any atom is 0.145 e. The average molecular weight is 324 g/mol. The first-order chi connectivity index (χ1) is 10.2. The van der Waals surface area contributed by atoms with Gasteiger partial charge < -0.3 is 14.8 Å². The van der Waals surface area contributed by atoms with E-state index in [-0.39, 0.29) is 0 Å². The molecule has 2 aromatic rings. The first-order valence-electron chi connectivity index (χ1n) is 6.97. The molecule has 3 rings (SSSR count). The van der Waals surface area contributed by atoms with Crippen LogP contribution in [-0.4, -0.2) is 14.2 Å². The molecule has 0 fully saturated rings. The number of methoxy groups -OCH3 is 2. The Labute approximate surface area is 133 Å². The Balaban J connectivity index is 1.91. The molecule has 0 radical (unpaired) electrons. The summed E-state index contributed by atoms with van der Waals surface area (Å²) in [6.07, 6.45) is 3.51. The highest BCUT2D eigenvalue weighted by Gasteiger charge is 2.22. The summed E-state index contributed by atoms with van der Waals surface area (Å²) >= 11 is 8.08. The van der Waals surface area contributed by atoms with E-state index in [1.165, 1.54) is 23.3 Å². The van der Waals surface area contributed by atoms with Gasteiger partial charge in [-0.1, -0.05) is 11.6 Å². The highest BCUT2D eigenvalue weighted by Crippen LogP contribution is 2.40. The zero-order chi connectivity index (χ0) is 14.8. The van der Waals surface area contributed by atoms with Crippen molar-refractivity contribution in [2.45, 2.75) is 25.3 Å². The largest absolute Gasteiger partial charge is 0.495 e. The van der Waals surface area contributed by atoms with Crippen molar-refractivity contribution in [2.75, 3.05) is 19.5 Å². The third-order valence-corrected chi connectivity index (χ3v) is 5.15. The highest BCUT2D eigenvalue weighted by molar-refractivity contribution is 7.10. The molecule has 1 aromatic heterocycles. The van der Waals surface area contributed by atoms with Gasteiger partial charge in [0.05, 0.1) is 31.0 Å². The molecular formula is C16H18ClNO2S. The van der Waals surface area contributed by atoms with Crippen LogP contribution in [0.1, 0.15) is 29.3 Å². The number of thiophene rings is 1. The van der Waals surface area contributed by atoms with Gasteiger partial charge in [-0.25, -0.2) is 0 Å². The number of fused-ring (bicyclic) bond motifs is 1. The summed E-state index contributed by atoms with van der Waals surface area (Å²) in [5.41, 5.74) is 2.31. The minimum atomic E-state index is 0.318. The van der Waals surface area contributed by atoms with Crippen molar-refractivity contribution in [3.63, 3.8) is 0 Å². The van der Waals surface area contributed by atoms with Crippen LogP contribution in [0.25, 0.3) is 0 Å². The second-order valence-electron chi connectivity index (χ2n) is 5.08. The van der Waals surface area contributed by atoms with E-state index in [2.05, 4.69) is 16.8 Å². The Morgan fingerprint density at radius 1 is 1.24 bits per heavy atom. The third-order valence-electron chi connectivity index (χ3n) is 3.86. The van der Waals surface area contributed by atoms with E-state index in [0.29, 0.717) is 16.8 Å². The Kier molecular flexibility index (Phi) is 4.27. The first kappa shape index (κ1) is 14.5. The van der Waals surface area contributed by atoms with Crippen LogP contribution in [0.4, 0.5) is 5.69 Å². The van der Waals surface area contributed by atoms with Crippen molar-refractivity contribution in [1.29, 1.82) is 0 Å². The maximum atomic E-state index is 6.24. The number of benzene rings is 1. The topological polar surface area (TPSA) is 30.5 Å². The molecule has 0 spiro atoms. The Bertz CT molecular complexity index is 641. The van der Waals surface area contributed by atoms with Crippen LogP contribution < -0.4 is 14.8 Å². The third kappa shape index (κ3) is 2.83. The van der Waals surface area contributed by atoms with E-state index < -0.39 is 0 Å². The van der Waals surface area contributed by atoms with Crippen LogP contribution in [0.15, 0.2) is 23.6 Å². The van der Waals surface area contributed by atoms with Crippen molar-refractivity contribution in [1.82, 2.24) is 0 Å². The van der Waals surface area contributed by atoms with Crippen molar-refractivity contribution in [3.05, 3.63) is 39.0 Å². The Morgan fingerprint density at radius 3 is 2.81 bits per heavy atom. The number of rotatable bonds is 4. The number of aryl methyl sites for hydroxylation is 1. The lowest BCUT2D eigenvalue weighted by Crippen LogP contribution is -2.16. The lowest BCUT2D eigenvalue weighted by molar-refractivity contribution is 0.395. The monoisotopic (exact) mass is 323 g/mol. The summed E-state index contributed by atoms with van der Waals surface area (Å²) < 4.78 is 10.7. The summed E-state index contributed by atoms with van der Waals surface area (Å²) in [4.78, 5) is 1.48. The molecule has 1 atom stereocenters.